The lowest BCUT2D eigenvalue weighted by molar-refractivity contribution is -0.0685. The van der Waals surface area contributed by atoms with Crippen molar-refractivity contribution in [1.82, 2.24) is 4.90 Å². The molecule has 0 amide bonds. The van der Waals surface area contributed by atoms with Crippen LogP contribution in [0.2, 0.25) is 0 Å². The summed E-state index contributed by atoms with van der Waals surface area (Å²) in [6.45, 7) is 10.2. The van der Waals surface area contributed by atoms with Gasteiger partial charge in [0.2, 0.25) is 0 Å². The zero-order chi connectivity index (χ0) is 27.5. The first-order valence-corrected chi connectivity index (χ1v) is 13.4. The number of hydrogen-bond donors (Lipinski definition) is 3. The maximum Gasteiger partial charge on any atom is 0.170 e. The normalized spacial score (nSPS) is 17.6. The molecule has 2 heterocycles. The van der Waals surface area contributed by atoms with E-state index in [1.54, 1.807) is 0 Å². The van der Waals surface area contributed by atoms with Crippen LogP contribution < -0.4 is 0 Å². The lowest BCUT2D eigenvalue weighted by atomic mass is 9.91. The fourth-order valence-electron chi connectivity index (χ4n) is 5.30. The number of aryl methyl sites for hydroxylation is 3. The van der Waals surface area contributed by atoms with Gasteiger partial charge in [0, 0.05) is 53.0 Å². The highest BCUT2D eigenvalue weighted by atomic mass is 16.7. The van der Waals surface area contributed by atoms with E-state index in [1.165, 1.54) is 0 Å². The second-order valence-corrected chi connectivity index (χ2v) is 10.4. The van der Waals surface area contributed by atoms with Gasteiger partial charge in [0.1, 0.15) is 17.2 Å². The van der Waals surface area contributed by atoms with Crippen LogP contribution >= 0.6 is 0 Å². The van der Waals surface area contributed by atoms with Crippen molar-refractivity contribution < 1.29 is 34.3 Å². The number of phenols is 3. The van der Waals surface area contributed by atoms with E-state index in [0.29, 0.717) is 79.4 Å². The monoisotopic (exact) mass is 535 g/mol. The van der Waals surface area contributed by atoms with Gasteiger partial charge in [0.05, 0.1) is 39.6 Å². The van der Waals surface area contributed by atoms with Gasteiger partial charge in [-0.25, -0.2) is 0 Å². The van der Waals surface area contributed by atoms with E-state index in [9.17, 15) is 15.3 Å². The number of benzene rings is 3. The van der Waals surface area contributed by atoms with Crippen LogP contribution in [-0.4, -0.2) is 72.6 Å². The molecule has 0 radical (unpaired) electrons. The van der Waals surface area contributed by atoms with Crippen molar-refractivity contribution in [2.75, 3.05) is 46.1 Å². The van der Waals surface area contributed by atoms with Gasteiger partial charge < -0.3 is 34.3 Å². The van der Waals surface area contributed by atoms with Crippen LogP contribution in [0, 0.1) is 20.8 Å². The van der Waals surface area contributed by atoms with Crippen molar-refractivity contribution in [1.29, 1.82) is 0 Å². The third-order valence-electron chi connectivity index (χ3n) is 7.22. The van der Waals surface area contributed by atoms with E-state index >= 15 is 0 Å². The molecule has 3 N–H and O–H groups in total. The van der Waals surface area contributed by atoms with Crippen molar-refractivity contribution in [3.63, 3.8) is 0 Å². The number of aromatic hydroxyl groups is 3. The Balaban J connectivity index is 1.56. The zero-order valence-electron chi connectivity index (χ0n) is 22.8. The molecule has 39 heavy (non-hydrogen) atoms. The van der Waals surface area contributed by atoms with Crippen LogP contribution in [-0.2, 0) is 32.2 Å². The first-order chi connectivity index (χ1) is 18.8. The summed E-state index contributed by atoms with van der Waals surface area (Å²) in [5.41, 5.74) is 6.08. The van der Waals surface area contributed by atoms with E-state index in [-0.39, 0.29) is 36.8 Å². The second kappa shape index (κ2) is 11.9. The Bertz CT molecular complexity index is 1240. The van der Waals surface area contributed by atoms with Crippen molar-refractivity contribution in [3.8, 4) is 39.5 Å². The molecular weight excluding hydrogens is 498 g/mol. The van der Waals surface area contributed by atoms with Crippen LogP contribution in [0.15, 0.2) is 36.4 Å². The first-order valence-electron chi connectivity index (χ1n) is 13.4. The summed E-state index contributed by atoms with van der Waals surface area (Å²) < 4.78 is 23.3. The van der Waals surface area contributed by atoms with Gasteiger partial charge in [-0.15, -0.1) is 0 Å². The number of nitrogens with zero attached hydrogens (tertiary/aromatic N) is 1. The molecule has 8 heteroatoms. The van der Waals surface area contributed by atoms with Crippen LogP contribution in [0.4, 0.5) is 0 Å². The predicted molar refractivity (Wildman–Crippen MR) is 148 cm³/mol. The van der Waals surface area contributed by atoms with Crippen LogP contribution in [0.5, 0.6) is 17.2 Å². The lowest BCUT2D eigenvalue weighted by Gasteiger charge is -2.25. The average molecular weight is 536 g/mol. The molecule has 5 rings (SSSR count). The molecule has 0 aromatic heterocycles. The fourth-order valence-corrected chi connectivity index (χ4v) is 5.30. The van der Waals surface area contributed by atoms with Crippen LogP contribution in [0.1, 0.15) is 27.8 Å². The fraction of sp³-hybridized carbons (Fsp3) is 0.419. The minimum atomic E-state index is -0.278. The lowest BCUT2D eigenvalue weighted by Crippen LogP contribution is -2.37. The van der Waals surface area contributed by atoms with E-state index in [0.717, 1.165) is 16.7 Å². The van der Waals surface area contributed by atoms with E-state index in [2.05, 4.69) is 4.90 Å². The summed E-state index contributed by atoms with van der Waals surface area (Å²) in [7, 11) is 0. The minimum Gasteiger partial charge on any atom is -0.507 e. The highest BCUT2D eigenvalue weighted by molar-refractivity contribution is 5.88. The highest BCUT2D eigenvalue weighted by Crippen LogP contribution is 2.46. The number of fused-ring (bicyclic) bond motifs is 8. The van der Waals surface area contributed by atoms with Gasteiger partial charge in [-0.2, -0.15) is 0 Å². The minimum absolute atomic E-state index is 0.00533. The molecule has 1 fully saturated rings. The van der Waals surface area contributed by atoms with Crippen molar-refractivity contribution >= 4 is 0 Å². The van der Waals surface area contributed by atoms with E-state index < -0.39 is 0 Å². The molecule has 0 unspecified atom stereocenters. The smallest absolute Gasteiger partial charge is 0.170 e. The molecule has 3 aromatic carbocycles. The average Bonchev–Trinajstić information content (AvgIpc) is 3.41. The van der Waals surface area contributed by atoms with Crippen molar-refractivity contribution in [3.05, 3.63) is 64.2 Å². The second-order valence-electron chi connectivity index (χ2n) is 10.4. The largest absolute Gasteiger partial charge is 0.507 e. The quantitative estimate of drug-likeness (QED) is 0.431. The molecule has 6 bridgehead atoms. The summed E-state index contributed by atoms with van der Waals surface area (Å²) in [6.07, 6.45) is -0.278. The first kappa shape index (κ1) is 27.4. The van der Waals surface area contributed by atoms with Gasteiger partial charge in [0.15, 0.2) is 6.29 Å². The summed E-state index contributed by atoms with van der Waals surface area (Å²) in [5, 5.41) is 34.0. The Hall–Kier alpha value is -3.14. The van der Waals surface area contributed by atoms with Crippen LogP contribution in [0.25, 0.3) is 22.3 Å². The van der Waals surface area contributed by atoms with Crippen molar-refractivity contribution in [2.45, 2.75) is 40.3 Å². The molecule has 0 aliphatic carbocycles. The summed E-state index contributed by atoms with van der Waals surface area (Å²) in [4.78, 5) is 2.17. The zero-order valence-corrected chi connectivity index (χ0v) is 22.8. The molecule has 2 aliphatic rings. The van der Waals surface area contributed by atoms with E-state index in [1.807, 2.05) is 57.2 Å². The molecule has 0 spiro atoms. The third-order valence-corrected chi connectivity index (χ3v) is 7.22. The van der Waals surface area contributed by atoms with Gasteiger partial charge in [0.25, 0.3) is 0 Å². The standard InChI is InChI=1S/C31H37NO7/c1-19-10-22-17-36-6-4-32(16-28-38-8-9-39-28)5-7-37-18-23-11-20(2)13-25(30(23)34)27-15-21(3)14-26(31(27)35)24(12-19)29(22)33/h10-15,28,33-35H,4-9,16-18H2,1-3H3. The maximum atomic E-state index is 11.5. The van der Waals surface area contributed by atoms with Crippen molar-refractivity contribution in [2.24, 2.45) is 0 Å². The molecule has 1 saturated heterocycles. The number of rotatable bonds is 2. The number of phenolic OH excluding ortho intramolecular Hbond substituents is 3. The van der Waals surface area contributed by atoms with Gasteiger partial charge >= 0.3 is 0 Å². The topological polar surface area (TPSA) is 101 Å². The highest BCUT2D eigenvalue weighted by Gasteiger charge is 2.22. The Morgan fingerprint density at radius 1 is 0.615 bits per heavy atom. The third kappa shape index (κ3) is 6.21. The number of hydrogen-bond acceptors (Lipinski definition) is 8. The Kier molecular flexibility index (Phi) is 8.40. The van der Waals surface area contributed by atoms with Gasteiger partial charge in [-0.3, -0.25) is 4.90 Å². The Labute approximate surface area is 229 Å². The predicted octanol–water partition coefficient (Wildman–Crippen LogP) is 4.78. The summed E-state index contributed by atoms with van der Waals surface area (Å²) in [6, 6.07) is 11.2. The van der Waals surface area contributed by atoms with E-state index in [4.69, 9.17) is 18.9 Å². The molecule has 0 saturated carbocycles. The molecular formula is C31H37NO7. The molecule has 208 valence electrons. The summed E-state index contributed by atoms with van der Waals surface area (Å²) >= 11 is 0. The molecule has 3 aromatic rings. The van der Waals surface area contributed by atoms with Crippen LogP contribution in [0.3, 0.4) is 0 Å². The molecule has 0 atom stereocenters. The molecule has 8 nitrogen and oxygen atoms in total. The Morgan fingerprint density at radius 3 is 1.49 bits per heavy atom. The Morgan fingerprint density at radius 2 is 1.03 bits per heavy atom. The van der Waals surface area contributed by atoms with Gasteiger partial charge in [-0.1, -0.05) is 12.1 Å². The summed E-state index contributed by atoms with van der Waals surface area (Å²) in [5.74, 6) is 0.135. The number of ether oxygens (including phenoxy) is 4. The maximum absolute atomic E-state index is 11.5. The van der Waals surface area contributed by atoms with Gasteiger partial charge in [-0.05, 0) is 61.7 Å². The molecule has 2 aliphatic heterocycles. The SMILES string of the molecule is Cc1cc2c(O)c(c1)-c1cc(C)cc(c1O)-c1cc(C)cc(c1O)COCCN(CC1OCCO1)CCOC2.